The Labute approximate surface area is 140 Å². The number of ether oxygens (including phenoxy) is 2. The van der Waals surface area contributed by atoms with Crippen molar-refractivity contribution in [1.29, 1.82) is 0 Å². The van der Waals surface area contributed by atoms with E-state index in [1.807, 2.05) is 30.3 Å². The first-order valence-electron chi connectivity index (χ1n) is 7.94. The molecule has 7 nitrogen and oxygen atoms in total. The Morgan fingerprint density at radius 3 is 2.58 bits per heavy atom. The van der Waals surface area contributed by atoms with Gasteiger partial charge in [-0.25, -0.2) is 9.59 Å². The predicted octanol–water partition coefficient (Wildman–Crippen LogP) is 1.17. The van der Waals surface area contributed by atoms with Gasteiger partial charge in [-0.1, -0.05) is 30.3 Å². The van der Waals surface area contributed by atoms with E-state index in [2.05, 4.69) is 0 Å². The highest BCUT2D eigenvalue weighted by Gasteiger charge is 2.46. The van der Waals surface area contributed by atoms with Gasteiger partial charge in [-0.3, -0.25) is 4.79 Å². The molecule has 2 amide bonds. The zero-order valence-corrected chi connectivity index (χ0v) is 13.5. The summed E-state index contributed by atoms with van der Waals surface area (Å²) in [6.07, 6.45) is 0.409. The monoisotopic (exact) mass is 332 g/mol. The fraction of sp³-hybridized carbons (Fsp3) is 0.471. The van der Waals surface area contributed by atoms with Gasteiger partial charge in [-0.15, -0.1) is 0 Å². The SMILES string of the molecule is COC(=O)C1CCC(=O)N1C1CN(C(=O)OCc2ccccc2)C1. The third kappa shape index (κ3) is 3.20. The molecule has 0 aromatic heterocycles. The molecule has 0 spiro atoms. The van der Waals surface area contributed by atoms with Crippen LogP contribution in [0.2, 0.25) is 0 Å². The minimum Gasteiger partial charge on any atom is -0.467 e. The standard InChI is InChI=1S/C17H20N2O5/c1-23-16(21)14-7-8-15(20)19(14)13-9-18(10-13)17(22)24-11-12-5-3-2-4-6-12/h2-6,13-14H,7-11H2,1H3. The zero-order chi connectivity index (χ0) is 17.1. The van der Waals surface area contributed by atoms with Gasteiger partial charge in [-0.2, -0.15) is 0 Å². The summed E-state index contributed by atoms with van der Waals surface area (Å²) in [6.45, 7) is 0.980. The maximum absolute atomic E-state index is 12.0. The normalized spacial score (nSPS) is 20.7. The first-order chi connectivity index (χ1) is 11.6. The van der Waals surface area contributed by atoms with Crippen LogP contribution in [0.15, 0.2) is 30.3 Å². The Morgan fingerprint density at radius 1 is 1.21 bits per heavy atom. The lowest BCUT2D eigenvalue weighted by Crippen LogP contribution is -2.63. The molecule has 2 aliphatic rings. The van der Waals surface area contributed by atoms with Crippen LogP contribution in [0.25, 0.3) is 0 Å². The van der Waals surface area contributed by atoms with E-state index in [1.54, 1.807) is 4.90 Å². The number of esters is 1. The van der Waals surface area contributed by atoms with Crippen molar-refractivity contribution in [2.75, 3.05) is 20.2 Å². The number of rotatable bonds is 4. The summed E-state index contributed by atoms with van der Waals surface area (Å²) in [7, 11) is 1.32. The smallest absolute Gasteiger partial charge is 0.410 e. The lowest BCUT2D eigenvalue weighted by Gasteiger charge is -2.44. The molecule has 1 unspecified atom stereocenters. The summed E-state index contributed by atoms with van der Waals surface area (Å²) in [5, 5.41) is 0. The lowest BCUT2D eigenvalue weighted by atomic mass is 10.1. The van der Waals surface area contributed by atoms with E-state index in [9.17, 15) is 14.4 Å². The van der Waals surface area contributed by atoms with Crippen LogP contribution in [0.4, 0.5) is 4.79 Å². The number of amides is 2. The van der Waals surface area contributed by atoms with Gasteiger partial charge in [0.25, 0.3) is 0 Å². The molecule has 2 fully saturated rings. The van der Waals surface area contributed by atoms with Crippen molar-refractivity contribution in [2.45, 2.75) is 31.5 Å². The van der Waals surface area contributed by atoms with Crippen molar-refractivity contribution in [3.05, 3.63) is 35.9 Å². The van der Waals surface area contributed by atoms with Crippen molar-refractivity contribution in [3.8, 4) is 0 Å². The van der Waals surface area contributed by atoms with E-state index in [-0.39, 0.29) is 18.6 Å². The fourth-order valence-corrected chi connectivity index (χ4v) is 3.12. The summed E-state index contributed by atoms with van der Waals surface area (Å²) < 4.78 is 10.0. The highest BCUT2D eigenvalue weighted by molar-refractivity contribution is 5.88. The van der Waals surface area contributed by atoms with Gasteiger partial charge in [0.15, 0.2) is 0 Å². The number of benzene rings is 1. The molecule has 7 heteroatoms. The minimum atomic E-state index is -0.532. The molecule has 2 saturated heterocycles. The summed E-state index contributed by atoms with van der Waals surface area (Å²) in [4.78, 5) is 38.9. The molecule has 2 aliphatic heterocycles. The van der Waals surface area contributed by atoms with E-state index in [0.717, 1.165) is 5.56 Å². The molecule has 24 heavy (non-hydrogen) atoms. The maximum Gasteiger partial charge on any atom is 0.410 e. The second-order valence-electron chi connectivity index (χ2n) is 5.98. The fourth-order valence-electron chi connectivity index (χ4n) is 3.12. The Balaban J connectivity index is 1.50. The second kappa shape index (κ2) is 6.90. The predicted molar refractivity (Wildman–Crippen MR) is 83.9 cm³/mol. The largest absolute Gasteiger partial charge is 0.467 e. The molecule has 0 radical (unpaired) electrons. The van der Waals surface area contributed by atoms with Crippen LogP contribution in [0.5, 0.6) is 0 Å². The van der Waals surface area contributed by atoms with Gasteiger partial charge in [0.1, 0.15) is 12.6 Å². The van der Waals surface area contributed by atoms with Crippen LogP contribution < -0.4 is 0 Å². The van der Waals surface area contributed by atoms with Crippen LogP contribution in [-0.2, 0) is 25.7 Å². The molecule has 128 valence electrons. The molecule has 1 aromatic carbocycles. The van der Waals surface area contributed by atoms with Gasteiger partial charge >= 0.3 is 12.1 Å². The molecule has 3 rings (SSSR count). The van der Waals surface area contributed by atoms with E-state index in [0.29, 0.717) is 25.9 Å². The molecule has 0 aliphatic carbocycles. The third-order valence-corrected chi connectivity index (χ3v) is 4.45. The summed E-state index contributed by atoms with van der Waals surface area (Å²) in [5.74, 6) is -0.460. The highest BCUT2D eigenvalue weighted by Crippen LogP contribution is 2.27. The van der Waals surface area contributed by atoms with Gasteiger partial charge in [0, 0.05) is 19.5 Å². The van der Waals surface area contributed by atoms with Crippen molar-refractivity contribution >= 4 is 18.0 Å². The van der Waals surface area contributed by atoms with Crippen LogP contribution in [-0.4, -0.2) is 60.1 Å². The minimum absolute atomic E-state index is 0.0623. The van der Waals surface area contributed by atoms with Gasteiger partial charge in [0.05, 0.1) is 13.2 Å². The average Bonchev–Trinajstić information content (AvgIpc) is 2.93. The van der Waals surface area contributed by atoms with Crippen molar-refractivity contribution in [1.82, 2.24) is 9.80 Å². The Hall–Kier alpha value is -2.57. The number of hydrogen-bond acceptors (Lipinski definition) is 5. The van der Waals surface area contributed by atoms with E-state index < -0.39 is 18.1 Å². The number of methoxy groups -OCH3 is 1. The average molecular weight is 332 g/mol. The van der Waals surface area contributed by atoms with Gasteiger partial charge in [0.2, 0.25) is 5.91 Å². The number of carbonyl (C=O) groups excluding carboxylic acids is 3. The van der Waals surface area contributed by atoms with Crippen molar-refractivity contribution in [3.63, 3.8) is 0 Å². The van der Waals surface area contributed by atoms with Crippen molar-refractivity contribution < 1.29 is 23.9 Å². The second-order valence-corrected chi connectivity index (χ2v) is 5.98. The molecular weight excluding hydrogens is 312 g/mol. The summed E-state index contributed by atoms with van der Waals surface area (Å²) in [6, 6.07) is 8.76. The van der Waals surface area contributed by atoms with E-state index >= 15 is 0 Å². The first-order valence-corrected chi connectivity index (χ1v) is 7.94. The van der Waals surface area contributed by atoms with Gasteiger partial charge < -0.3 is 19.3 Å². The van der Waals surface area contributed by atoms with Crippen molar-refractivity contribution in [2.24, 2.45) is 0 Å². The van der Waals surface area contributed by atoms with E-state index in [4.69, 9.17) is 9.47 Å². The summed E-state index contributed by atoms with van der Waals surface area (Å²) >= 11 is 0. The first kappa shape index (κ1) is 16.3. The number of hydrogen-bond donors (Lipinski definition) is 0. The number of nitrogens with zero attached hydrogens (tertiary/aromatic N) is 2. The Bertz CT molecular complexity index is 627. The Morgan fingerprint density at radius 2 is 1.92 bits per heavy atom. The molecule has 1 atom stereocenters. The number of carbonyl (C=O) groups is 3. The molecule has 1 aromatic rings. The molecule has 0 saturated carbocycles. The zero-order valence-electron chi connectivity index (χ0n) is 13.5. The van der Waals surface area contributed by atoms with E-state index in [1.165, 1.54) is 12.0 Å². The molecular formula is C17H20N2O5. The molecule has 0 bridgehead atoms. The lowest BCUT2D eigenvalue weighted by molar-refractivity contribution is -0.153. The molecule has 2 heterocycles. The summed E-state index contributed by atoms with van der Waals surface area (Å²) in [5.41, 5.74) is 0.920. The molecule has 0 N–H and O–H groups in total. The third-order valence-electron chi connectivity index (χ3n) is 4.45. The quantitative estimate of drug-likeness (QED) is 0.774. The maximum atomic E-state index is 12.0. The number of likely N-dealkylation sites (tertiary alicyclic amines) is 2. The Kier molecular flexibility index (Phi) is 4.69. The van der Waals surface area contributed by atoms with Gasteiger partial charge in [-0.05, 0) is 12.0 Å². The topological polar surface area (TPSA) is 76.2 Å². The van der Waals surface area contributed by atoms with Crippen LogP contribution >= 0.6 is 0 Å². The van der Waals surface area contributed by atoms with Crippen LogP contribution in [0, 0.1) is 0 Å². The highest BCUT2D eigenvalue weighted by atomic mass is 16.6. The van der Waals surface area contributed by atoms with Crippen LogP contribution in [0.1, 0.15) is 18.4 Å². The van der Waals surface area contributed by atoms with Crippen LogP contribution in [0.3, 0.4) is 0 Å².